The van der Waals surface area contributed by atoms with E-state index in [1.54, 1.807) is 18.5 Å². The summed E-state index contributed by atoms with van der Waals surface area (Å²) < 4.78 is 18.1. The van der Waals surface area contributed by atoms with Crippen molar-refractivity contribution in [3.05, 3.63) is 47.1 Å². The first-order valence-electron chi connectivity index (χ1n) is 11.3. The van der Waals surface area contributed by atoms with Crippen molar-refractivity contribution in [3.8, 4) is 16.9 Å². The van der Waals surface area contributed by atoms with Gasteiger partial charge in [-0.1, -0.05) is 17.7 Å². The zero-order valence-corrected chi connectivity index (χ0v) is 21.6. The van der Waals surface area contributed by atoms with Crippen molar-refractivity contribution in [2.24, 2.45) is 5.92 Å². The zero-order valence-electron chi connectivity index (χ0n) is 20.0. The highest BCUT2D eigenvalue weighted by atomic mass is 35.5. The summed E-state index contributed by atoms with van der Waals surface area (Å²) in [6.07, 6.45) is 6.35. The Balaban J connectivity index is 1.80. The van der Waals surface area contributed by atoms with Crippen LogP contribution in [-0.2, 0) is 10.8 Å². The number of carbonyl (C=O) groups excluding carboxylic acids is 1. The number of fused-ring (bicyclic) bond motifs is 1. The van der Waals surface area contributed by atoms with Crippen LogP contribution in [0.1, 0.15) is 23.2 Å². The summed E-state index contributed by atoms with van der Waals surface area (Å²) in [5, 5.41) is 1.31. The lowest BCUT2D eigenvalue weighted by Crippen LogP contribution is -2.37. The molecule has 0 spiro atoms. The van der Waals surface area contributed by atoms with Crippen molar-refractivity contribution >= 4 is 45.3 Å². The smallest absolute Gasteiger partial charge is 0.155 e. The van der Waals surface area contributed by atoms with Crippen LogP contribution in [-0.4, -0.2) is 67.5 Å². The van der Waals surface area contributed by atoms with E-state index >= 15 is 0 Å². The van der Waals surface area contributed by atoms with Crippen molar-refractivity contribution in [2.75, 3.05) is 52.0 Å². The highest BCUT2D eigenvalue weighted by Crippen LogP contribution is 2.38. The third-order valence-electron chi connectivity index (χ3n) is 6.43. The minimum absolute atomic E-state index is 0.334. The Morgan fingerprint density at radius 3 is 2.56 bits per heavy atom. The van der Waals surface area contributed by atoms with Crippen molar-refractivity contribution in [2.45, 2.75) is 17.7 Å². The lowest BCUT2D eigenvalue weighted by molar-refractivity contribution is 0.112. The number of piperidine rings is 1. The van der Waals surface area contributed by atoms with E-state index in [-0.39, 0.29) is 0 Å². The summed E-state index contributed by atoms with van der Waals surface area (Å²) in [5.74, 6) is 1.10. The van der Waals surface area contributed by atoms with Gasteiger partial charge in [-0.3, -0.25) is 14.0 Å². The fourth-order valence-corrected chi connectivity index (χ4v) is 5.74. The molecule has 0 radical (unpaired) electrons. The fraction of sp³-hybridized carbons (Fsp3) is 0.385. The maximum absolute atomic E-state index is 12.7. The number of aromatic nitrogens is 1. The molecule has 180 valence electrons. The largest absolute Gasteiger partial charge is 0.496 e. The molecule has 8 heteroatoms. The van der Waals surface area contributed by atoms with Gasteiger partial charge >= 0.3 is 0 Å². The molecule has 2 heterocycles. The van der Waals surface area contributed by atoms with Crippen LogP contribution >= 0.6 is 11.6 Å². The van der Waals surface area contributed by atoms with Gasteiger partial charge in [0.1, 0.15) is 5.75 Å². The number of rotatable bonds is 7. The predicted molar refractivity (Wildman–Crippen MR) is 140 cm³/mol. The van der Waals surface area contributed by atoms with E-state index in [0.717, 1.165) is 65.1 Å². The van der Waals surface area contributed by atoms with E-state index in [4.69, 9.17) is 16.3 Å². The number of aldehydes is 1. The van der Waals surface area contributed by atoms with E-state index < -0.39 is 10.8 Å². The minimum atomic E-state index is -1.17. The average molecular weight is 500 g/mol. The first kappa shape index (κ1) is 24.6. The van der Waals surface area contributed by atoms with Gasteiger partial charge in [-0.2, -0.15) is 0 Å². The summed E-state index contributed by atoms with van der Waals surface area (Å²) >= 11 is 6.38. The van der Waals surface area contributed by atoms with Gasteiger partial charge in [-0.15, -0.1) is 0 Å². The van der Waals surface area contributed by atoms with Gasteiger partial charge < -0.3 is 14.5 Å². The van der Waals surface area contributed by atoms with Crippen LogP contribution in [0.3, 0.4) is 0 Å². The Morgan fingerprint density at radius 1 is 1.21 bits per heavy atom. The molecule has 6 nitrogen and oxygen atoms in total. The maximum atomic E-state index is 12.7. The average Bonchev–Trinajstić information content (AvgIpc) is 2.82. The van der Waals surface area contributed by atoms with Gasteiger partial charge in [0.05, 0.1) is 44.6 Å². The molecule has 1 aliphatic rings. The van der Waals surface area contributed by atoms with Crippen LogP contribution in [0, 0.1) is 5.92 Å². The number of hydrogen-bond donors (Lipinski definition) is 0. The van der Waals surface area contributed by atoms with E-state index in [2.05, 4.69) is 34.9 Å². The number of pyridine rings is 1. The number of halogens is 1. The number of anilines is 1. The zero-order chi connectivity index (χ0) is 24.4. The van der Waals surface area contributed by atoms with E-state index in [0.29, 0.717) is 28.5 Å². The van der Waals surface area contributed by atoms with Crippen molar-refractivity contribution in [1.82, 2.24) is 9.88 Å². The van der Waals surface area contributed by atoms with Crippen LogP contribution in [0.25, 0.3) is 22.0 Å². The molecule has 0 aliphatic carbocycles. The van der Waals surface area contributed by atoms with Gasteiger partial charge in [0.2, 0.25) is 0 Å². The number of benzene rings is 2. The SMILES string of the molecule is COc1cc(-c2ccc3ncc(S(C)=O)c(N4CCC(CN(C)C)CC4)c3c2)cc(Cl)c1C=O. The van der Waals surface area contributed by atoms with Crippen LogP contribution in [0.2, 0.25) is 5.02 Å². The number of hydrogen-bond acceptors (Lipinski definition) is 6. The standard InChI is InChI=1S/C26H30ClN3O3S/c1-29(2)15-17-7-9-30(10-8-17)26-20-11-18(5-6-23(20)28-14-25(26)34(4)32)19-12-22(27)21(16-31)24(13-19)33-3/h5-6,11-14,16-17H,7-10,15H2,1-4H3. The molecule has 1 unspecified atom stereocenters. The Labute approximate surface area is 208 Å². The van der Waals surface area contributed by atoms with Gasteiger partial charge in [0, 0.05) is 37.5 Å². The van der Waals surface area contributed by atoms with Crippen LogP contribution in [0.4, 0.5) is 5.69 Å². The molecular weight excluding hydrogens is 470 g/mol. The highest BCUT2D eigenvalue weighted by Gasteiger charge is 2.25. The predicted octanol–water partition coefficient (Wildman–Crippen LogP) is 4.89. The topological polar surface area (TPSA) is 62.7 Å². The molecule has 3 aromatic rings. The quantitative estimate of drug-likeness (QED) is 0.431. The molecule has 4 rings (SSSR count). The van der Waals surface area contributed by atoms with E-state index in [1.165, 1.54) is 7.11 Å². The summed E-state index contributed by atoms with van der Waals surface area (Å²) in [6.45, 7) is 2.92. The summed E-state index contributed by atoms with van der Waals surface area (Å²) in [6, 6.07) is 9.63. The molecule has 1 aromatic heterocycles. The highest BCUT2D eigenvalue weighted by molar-refractivity contribution is 7.84. The lowest BCUT2D eigenvalue weighted by Gasteiger charge is -2.36. The van der Waals surface area contributed by atoms with Crippen LogP contribution in [0.5, 0.6) is 5.75 Å². The molecule has 1 saturated heterocycles. The summed E-state index contributed by atoms with van der Waals surface area (Å²) in [7, 11) is 4.58. The van der Waals surface area contributed by atoms with Crippen molar-refractivity contribution < 1.29 is 13.7 Å². The van der Waals surface area contributed by atoms with Gasteiger partial charge in [-0.25, -0.2) is 0 Å². The third kappa shape index (κ3) is 4.97. The first-order valence-corrected chi connectivity index (χ1v) is 13.2. The Morgan fingerprint density at radius 2 is 1.94 bits per heavy atom. The number of methoxy groups -OCH3 is 1. The molecule has 1 atom stereocenters. The number of ether oxygens (including phenoxy) is 1. The molecule has 2 aromatic carbocycles. The molecule has 0 amide bonds. The summed E-state index contributed by atoms with van der Waals surface area (Å²) in [5.41, 5.74) is 3.95. The lowest BCUT2D eigenvalue weighted by atomic mass is 9.95. The third-order valence-corrected chi connectivity index (χ3v) is 7.66. The normalized spacial score (nSPS) is 15.6. The van der Waals surface area contributed by atoms with Crippen LogP contribution < -0.4 is 9.64 Å². The summed E-state index contributed by atoms with van der Waals surface area (Å²) in [4.78, 5) is 21.4. The monoisotopic (exact) mass is 499 g/mol. The van der Waals surface area contributed by atoms with Crippen molar-refractivity contribution in [1.29, 1.82) is 0 Å². The number of carbonyl (C=O) groups is 1. The molecule has 1 aliphatic heterocycles. The van der Waals surface area contributed by atoms with E-state index in [1.807, 2.05) is 18.2 Å². The van der Waals surface area contributed by atoms with Gasteiger partial charge in [0.15, 0.2) is 6.29 Å². The maximum Gasteiger partial charge on any atom is 0.155 e. The molecular formula is C26H30ClN3O3S. The van der Waals surface area contributed by atoms with Crippen LogP contribution in [0.15, 0.2) is 41.4 Å². The Hall–Kier alpha value is -2.48. The minimum Gasteiger partial charge on any atom is -0.496 e. The van der Waals surface area contributed by atoms with Crippen molar-refractivity contribution in [3.63, 3.8) is 0 Å². The Bertz CT molecular complexity index is 1240. The second kappa shape index (κ2) is 10.4. The van der Waals surface area contributed by atoms with Gasteiger partial charge in [-0.05, 0) is 68.2 Å². The fourth-order valence-electron chi connectivity index (χ4n) is 4.77. The molecule has 1 fully saturated rings. The molecule has 0 N–H and O–H groups in total. The molecule has 0 saturated carbocycles. The molecule has 34 heavy (non-hydrogen) atoms. The Kier molecular flexibility index (Phi) is 7.55. The molecule has 0 bridgehead atoms. The first-order chi connectivity index (χ1) is 16.3. The second-order valence-corrected chi connectivity index (χ2v) is 10.8. The second-order valence-electron chi connectivity index (χ2n) is 9.04. The van der Waals surface area contributed by atoms with E-state index in [9.17, 15) is 9.00 Å². The number of nitrogens with zero attached hydrogens (tertiary/aromatic N) is 3. The van der Waals surface area contributed by atoms with Gasteiger partial charge in [0.25, 0.3) is 0 Å².